The maximum atomic E-state index is 12.3. The highest BCUT2D eigenvalue weighted by molar-refractivity contribution is 6.31. The van der Waals surface area contributed by atoms with Crippen molar-refractivity contribution in [2.45, 2.75) is 26.2 Å². The normalized spacial score (nSPS) is 11.8. The second-order valence-electron chi connectivity index (χ2n) is 5.30. The Labute approximate surface area is 139 Å². The zero-order chi connectivity index (χ0) is 17.0. The molecule has 23 heavy (non-hydrogen) atoms. The van der Waals surface area contributed by atoms with Crippen LogP contribution < -0.4 is 5.32 Å². The molecule has 6 heteroatoms. The quantitative estimate of drug-likeness (QED) is 0.617. The lowest BCUT2D eigenvalue weighted by Gasteiger charge is -2.10. The third-order valence-electron chi connectivity index (χ3n) is 3.75. The summed E-state index contributed by atoms with van der Waals surface area (Å²) >= 11 is 5.75. The monoisotopic (exact) mass is 332 g/mol. The van der Waals surface area contributed by atoms with E-state index in [1.54, 1.807) is 12.1 Å². The van der Waals surface area contributed by atoms with Gasteiger partial charge >= 0.3 is 0 Å². The van der Waals surface area contributed by atoms with Crippen molar-refractivity contribution in [3.8, 4) is 0 Å². The van der Waals surface area contributed by atoms with Crippen molar-refractivity contribution in [2.24, 2.45) is 0 Å². The number of nitrogens with zero attached hydrogens (tertiary/aromatic N) is 1. The lowest BCUT2D eigenvalue weighted by Crippen LogP contribution is -2.14. The van der Waals surface area contributed by atoms with Crippen LogP contribution in [0.25, 0.3) is 0 Å². The van der Waals surface area contributed by atoms with E-state index in [0.29, 0.717) is 11.6 Å². The first kappa shape index (κ1) is 17.0. The maximum absolute atomic E-state index is 12.3. The number of nitrogens with one attached hydrogen (secondary N) is 1. The fourth-order valence-corrected chi connectivity index (χ4v) is 2.34. The Hall–Kier alpha value is -2.40. The smallest absolute Gasteiger partial charge is 0.283 e. The number of hydrogen-bond donors (Lipinski definition) is 1. The van der Waals surface area contributed by atoms with E-state index in [2.05, 4.69) is 19.2 Å². The average Bonchev–Trinajstić information content (AvgIpc) is 2.54. The van der Waals surface area contributed by atoms with E-state index in [0.717, 1.165) is 6.42 Å². The first-order valence-electron chi connectivity index (χ1n) is 7.27. The number of nitro groups is 1. The molecule has 0 aromatic heterocycles. The number of halogens is 1. The SMILES string of the molecule is CC[C@@H](C)c1ccc(NC(=O)c2ccc(Cl)cc2[N+](=O)[O-])cc1. The summed E-state index contributed by atoms with van der Waals surface area (Å²) < 4.78 is 0. The molecule has 0 saturated carbocycles. The molecule has 1 atom stereocenters. The van der Waals surface area contributed by atoms with Gasteiger partial charge in [-0.05, 0) is 42.2 Å². The number of carbonyl (C=O) groups excluding carboxylic acids is 1. The Morgan fingerprint density at radius 2 is 1.91 bits per heavy atom. The molecule has 5 nitrogen and oxygen atoms in total. The Morgan fingerprint density at radius 1 is 1.26 bits per heavy atom. The number of hydrogen-bond acceptors (Lipinski definition) is 3. The minimum Gasteiger partial charge on any atom is -0.322 e. The molecule has 120 valence electrons. The fraction of sp³-hybridized carbons (Fsp3) is 0.235. The summed E-state index contributed by atoms with van der Waals surface area (Å²) in [5.74, 6) is -0.0956. The van der Waals surface area contributed by atoms with Crippen LogP contribution in [0.2, 0.25) is 5.02 Å². The van der Waals surface area contributed by atoms with Crippen LogP contribution in [0.15, 0.2) is 42.5 Å². The molecule has 2 aromatic carbocycles. The predicted molar refractivity (Wildman–Crippen MR) is 91.2 cm³/mol. The minimum absolute atomic E-state index is 0.0228. The van der Waals surface area contributed by atoms with Gasteiger partial charge in [0.25, 0.3) is 11.6 Å². The highest BCUT2D eigenvalue weighted by Crippen LogP contribution is 2.25. The summed E-state index contributed by atoms with van der Waals surface area (Å²) in [6, 6.07) is 11.4. The number of benzene rings is 2. The number of carbonyl (C=O) groups is 1. The molecular weight excluding hydrogens is 316 g/mol. The molecule has 0 saturated heterocycles. The Balaban J connectivity index is 2.21. The summed E-state index contributed by atoms with van der Waals surface area (Å²) in [6.07, 6.45) is 1.03. The highest BCUT2D eigenvalue weighted by atomic mass is 35.5. The van der Waals surface area contributed by atoms with Crippen molar-refractivity contribution in [1.29, 1.82) is 0 Å². The molecule has 0 radical (unpaired) electrons. The van der Waals surface area contributed by atoms with Crippen LogP contribution in [-0.2, 0) is 0 Å². The predicted octanol–water partition coefficient (Wildman–Crippen LogP) is 5.01. The molecular formula is C17H17ClN2O3. The van der Waals surface area contributed by atoms with Crippen molar-refractivity contribution >= 4 is 28.9 Å². The number of rotatable bonds is 5. The highest BCUT2D eigenvalue weighted by Gasteiger charge is 2.20. The zero-order valence-corrected chi connectivity index (χ0v) is 13.6. The molecule has 0 aliphatic heterocycles. The van der Waals surface area contributed by atoms with Gasteiger partial charge in [0.05, 0.1) is 4.92 Å². The van der Waals surface area contributed by atoms with Crippen LogP contribution in [-0.4, -0.2) is 10.8 Å². The third kappa shape index (κ3) is 4.07. The lowest BCUT2D eigenvalue weighted by molar-refractivity contribution is -0.385. The van der Waals surface area contributed by atoms with Gasteiger partial charge in [-0.25, -0.2) is 0 Å². The molecule has 0 aliphatic carbocycles. The summed E-state index contributed by atoms with van der Waals surface area (Å²) in [5, 5.41) is 13.9. The van der Waals surface area contributed by atoms with E-state index in [-0.39, 0.29) is 16.3 Å². The van der Waals surface area contributed by atoms with Crippen LogP contribution in [0, 0.1) is 10.1 Å². The van der Waals surface area contributed by atoms with Crippen molar-refractivity contribution < 1.29 is 9.72 Å². The van der Waals surface area contributed by atoms with Gasteiger partial charge in [-0.1, -0.05) is 37.6 Å². The van der Waals surface area contributed by atoms with Crippen molar-refractivity contribution in [3.05, 3.63) is 68.7 Å². The van der Waals surface area contributed by atoms with Crippen LogP contribution >= 0.6 is 11.6 Å². The van der Waals surface area contributed by atoms with E-state index in [1.165, 1.54) is 23.8 Å². The van der Waals surface area contributed by atoms with Gasteiger partial charge in [0, 0.05) is 16.8 Å². The van der Waals surface area contributed by atoms with E-state index >= 15 is 0 Å². The first-order valence-corrected chi connectivity index (χ1v) is 7.65. The van der Waals surface area contributed by atoms with Crippen LogP contribution in [0.5, 0.6) is 0 Å². The second kappa shape index (κ2) is 7.24. The molecule has 0 spiro atoms. The summed E-state index contributed by atoms with van der Waals surface area (Å²) in [6.45, 7) is 4.24. The third-order valence-corrected chi connectivity index (χ3v) is 3.99. The standard InChI is InChI=1S/C17H17ClN2O3/c1-3-11(2)12-4-7-14(8-5-12)19-17(21)15-9-6-13(18)10-16(15)20(22)23/h4-11H,3H2,1-2H3,(H,19,21)/t11-/m1/s1. The number of nitro benzene ring substituents is 1. The van der Waals surface area contributed by atoms with Crippen LogP contribution in [0.4, 0.5) is 11.4 Å². The first-order chi connectivity index (χ1) is 10.9. The lowest BCUT2D eigenvalue weighted by atomic mass is 9.98. The Bertz CT molecular complexity index is 729. The molecule has 1 N–H and O–H groups in total. The molecule has 2 rings (SSSR count). The summed E-state index contributed by atoms with van der Waals surface area (Å²) in [7, 11) is 0. The van der Waals surface area contributed by atoms with Crippen molar-refractivity contribution in [2.75, 3.05) is 5.32 Å². The number of anilines is 1. The van der Waals surface area contributed by atoms with Gasteiger partial charge in [-0.15, -0.1) is 0 Å². The van der Waals surface area contributed by atoms with Gasteiger partial charge in [-0.3, -0.25) is 14.9 Å². The molecule has 2 aromatic rings. The van der Waals surface area contributed by atoms with Gasteiger partial charge in [-0.2, -0.15) is 0 Å². The Morgan fingerprint density at radius 3 is 2.48 bits per heavy atom. The second-order valence-corrected chi connectivity index (χ2v) is 5.74. The van der Waals surface area contributed by atoms with E-state index in [4.69, 9.17) is 11.6 Å². The van der Waals surface area contributed by atoms with E-state index in [9.17, 15) is 14.9 Å². The van der Waals surface area contributed by atoms with Gasteiger partial charge in [0.2, 0.25) is 0 Å². The van der Waals surface area contributed by atoms with Gasteiger partial charge in [0.1, 0.15) is 5.56 Å². The van der Waals surface area contributed by atoms with E-state index < -0.39 is 10.8 Å². The topological polar surface area (TPSA) is 72.2 Å². The molecule has 0 aliphatic rings. The van der Waals surface area contributed by atoms with Crippen LogP contribution in [0.3, 0.4) is 0 Å². The van der Waals surface area contributed by atoms with Gasteiger partial charge in [0.15, 0.2) is 0 Å². The summed E-state index contributed by atoms with van der Waals surface area (Å²) in [4.78, 5) is 22.7. The number of amides is 1. The molecule has 0 heterocycles. The molecule has 0 unspecified atom stereocenters. The molecule has 0 bridgehead atoms. The largest absolute Gasteiger partial charge is 0.322 e. The van der Waals surface area contributed by atoms with Gasteiger partial charge < -0.3 is 5.32 Å². The Kier molecular flexibility index (Phi) is 5.34. The van der Waals surface area contributed by atoms with Crippen LogP contribution in [0.1, 0.15) is 42.1 Å². The van der Waals surface area contributed by atoms with Crippen molar-refractivity contribution in [1.82, 2.24) is 0 Å². The minimum atomic E-state index is -0.618. The van der Waals surface area contributed by atoms with E-state index in [1.807, 2.05) is 12.1 Å². The fourth-order valence-electron chi connectivity index (χ4n) is 2.18. The molecule has 0 fully saturated rings. The maximum Gasteiger partial charge on any atom is 0.283 e. The summed E-state index contributed by atoms with van der Waals surface area (Å²) in [5.41, 5.74) is 1.44. The average molecular weight is 333 g/mol. The van der Waals surface area contributed by atoms with Crippen molar-refractivity contribution in [3.63, 3.8) is 0 Å². The zero-order valence-electron chi connectivity index (χ0n) is 12.9. The molecule has 1 amide bonds.